The number of Topliss-reactive ketones (excluding diaryl/α,β-unsaturated/α-hetero) is 2. The maximum Gasteiger partial charge on any atom is 0.196 e. The Morgan fingerprint density at radius 1 is 0.594 bits per heavy atom. The van der Waals surface area contributed by atoms with E-state index in [4.69, 9.17) is 14.2 Å². The van der Waals surface area contributed by atoms with Gasteiger partial charge in [-0.2, -0.15) is 0 Å². The second-order valence-electron chi connectivity index (χ2n) is 21.1. The number of hydrogen-bond donors (Lipinski definition) is 4. The highest BCUT2D eigenvalue weighted by Gasteiger charge is 2.73. The predicted molar refractivity (Wildman–Crippen MR) is 231 cm³/mol. The van der Waals surface area contributed by atoms with Gasteiger partial charge in [-0.05, 0) is 139 Å². The molecule has 6 aliphatic heterocycles. The summed E-state index contributed by atoms with van der Waals surface area (Å²) >= 11 is 0. The molecule has 12 aliphatic rings. The summed E-state index contributed by atoms with van der Waals surface area (Å²) in [6.07, 6.45) is 9.98. The van der Waals surface area contributed by atoms with Gasteiger partial charge in [-0.15, -0.1) is 0 Å². The second-order valence-corrected chi connectivity index (χ2v) is 21.1. The first-order chi connectivity index (χ1) is 30.7. The van der Waals surface area contributed by atoms with Crippen molar-refractivity contribution in [3.8, 4) is 34.5 Å². The highest BCUT2D eigenvalue weighted by Crippen LogP contribution is 2.66. The molecule has 3 aromatic carbocycles. The maximum atomic E-state index is 12.5. The summed E-state index contributed by atoms with van der Waals surface area (Å²) in [5.41, 5.74) is 4.72. The average Bonchev–Trinajstić information content (AvgIpc) is 3.96. The molecule has 3 spiro atoms. The van der Waals surface area contributed by atoms with Gasteiger partial charge in [0.15, 0.2) is 70.2 Å². The molecule has 4 N–H and O–H groups in total. The fourth-order valence-electron chi connectivity index (χ4n) is 16.1. The van der Waals surface area contributed by atoms with Gasteiger partial charge in [-0.25, -0.2) is 0 Å². The maximum absolute atomic E-state index is 12.5. The Bertz CT molecular complexity index is 2650. The molecule has 5 fully saturated rings. The van der Waals surface area contributed by atoms with Crippen LogP contribution < -0.4 is 14.2 Å². The fourth-order valence-corrected chi connectivity index (χ4v) is 16.1. The van der Waals surface area contributed by atoms with E-state index in [0.29, 0.717) is 66.9 Å². The summed E-state index contributed by atoms with van der Waals surface area (Å²) in [6, 6.07) is 12.0. The van der Waals surface area contributed by atoms with Gasteiger partial charge in [-0.3, -0.25) is 14.4 Å². The van der Waals surface area contributed by atoms with Crippen LogP contribution >= 0.6 is 0 Å². The van der Waals surface area contributed by atoms with Crippen molar-refractivity contribution in [2.24, 2.45) is 11.8 Å². The number of aliphatic hydroxyl groups is 1. The van der Waals surface area contributed by atoms with Gasteiger partial charge in [0, 0.05) is 59.0 Å². The molecule has 334 valence electrons. The minimum atomic E-state index is -0.954. The minimum Gasteiger partial charge on any atom is -0.504 e. The van der Waals surface area contributed by atoms with E-state index in [9.17, 15) is 34.8 Å². The Balaban J connectivity index is 0.0000000967. The number of phenolic OH excluding ortho intramolecular Hbond substituents is 3. The number of ketones is 3. The van der Waals surface area contributed by atoms with Crippen LogP contribution in [0, 0.1) is 11.8 Å². The Morgan fingerprint density at radius 3 is 1.84 bits per heavy atom. The molecule has 6 unspecified atom stereocenters. The molecular formula is C51H55N3O10. The minimum absolute atomic E-state index is 0.00319. The molecule has 6 bridgehead atoms. The summed E-state index contributed by atoms with van der Waals surface area (Å²) in [5, 5.41) is 42.2. The summed E-state index contributed by atoms with van der Waals surface area (Å²) in [7, 11) is 6.41. The number of rotatable bonds is 0. The molecule has 64 heavy (non-hydrogen) atoms. The number of carbonyl (C=O) groups excluding carboxylic acids is 3. The molecule has 0 radical (unpaired) electrons. The molecule has 2 saturated carbocycles. The molecule has 13 heteroatoms. The van der Waals surface area contributed by atoms with Crippen molar-refractivity contribution in [1.29, 1.82) is 0 Å². The monoisotopic (exact) mass is 869 g/mol. The second kappa shape index (κ2) is 12.9. The number of phenols is 3. The first-order valence-electron chi connectivity index (χ1n) is 23.4. The van der Waals surface area contributed by atoms with Crippen molar-refractivity contribution >= 4 is 17.3 Å². The summed E-state index contributed by atoms with van der Waals surface area (Å²) in [6.45, 7) is 2.80. The number of hydrogen-bond acceptors (Lipinski definition) is 13. The highest BCUT2D eigenvalue weighted by molar-refractivity contribution is 5.98. The van der Waals surface area contributed by atoms with Gasteiger partial charge < -0.3 is 49.3 Å². The largest absolute Gasteiger partial charge is 0.504 e. The normalized spacial score (nSPS) is 40.3. The number of ether oxygens (including phenoxy) is 3. The van der Waals surface area contributed by atoms with Gasteiger partial charge in [0.05, 0.1) is 16.4 Å². The molecule has 0 amide bonds. The Morgan fingerprint density at radius 2 is 1.14 bits per heavy atom. The number of benzene rings is 3. The SMILES string of the molecule is CN1CCC23c4c5ccc(O)c4O[C@H]2C(=O)C=C[C@H]3C1C5.CN1CCC23c4c5ccc(O)c4O[C@H]2C(=O)CC[C@@]3(O)C1C5.CN1CCC23c4c5ccc(O)c4O[C@H]2C(=O)CC[C@H]3C1C5. The summed E-state index contributed by atoms with van der Waals surface area (Å²) in [5.74, 6) is 3.12. The molecule has 3 saturated heterocycles. The van der Waals surface area contributed by atoms with Gasteiger partial charge in [0.25, 0.3) is 0 Å². The molecular weight excluding hydrogens is 815 g/mol. The van der Waals surface area contributed by atoms with Crippen LogP contribution in [0.3, 0.4) is 0 Å². The van der Waals surface area contributed by atoms with Crippen molar-refractivity contribution < 1.29 is 49.0 Å². The van der Waals surface area contributed by atoms with E-state index >= 15 is 0 Å². The van der Waals surface area contributed by atoms with Crippen LogP contribution in [0.15, 0.2) is 48.6 Å². The van der Waals surface area contributed by atoms with Gasteiger partial charge in [0.2, 0.25) is 0 Å². The topological polar surface area (TPSA) is 170 Å². The van der Waals surface area contributed by atoms with Crippen LogP contribution in [0.4, 0.5) is 0 Å². The quantitative estimate of drug-likeness (QED) is 0.258. The first kappa shape index (κ1) is 39.4. The Labute approximate surface area is 371 Å². The molecule has 6 heterocycles. The number of likely N-dealkylation sites (N-methyl/N-ethyl adjacent to an activating group) is 3. The van der Waals surface area contributed by atoms with Crippen molar-refractivity contribution in [3.63, 3.8) is 0 Å². The van der Waals surface area contributed by atoms with Crippen LogP contribution in [0.5, 0.6) is 34.5 Å². The molecule has 12 atom stereocenters. The Kier molecular flexibility index (Phi) is 7.94. The third-order valence-electron chi connectivity index (χ3n) is 18.9. The van der Waals surface area contributed by atoms with E-state index < -0.39 is 23.2 Å². The van der Waals surface area contributed by atoms with E-state index in [0.717, 1.165) is 80.4 Å². The number of nitrogens with zero attached hydrogens (tertiary/aromatic N) is 3. The molecule has 13 nitrogen and oxygen atoms in total. The third kappa shape index (κ3) is 4.52. The van der Waals surface area contributed by atoms with Crippen molar-refractivity contribution in [2.45, 2.75) is 122 Å². The lowest BCUT2D eigenvalue weighted by Gasteiger charge is -2.61. The van der Waals surface area contributed by atoms with Gasteiger partial charge in [0.1, 0.15) is 0 Å². The van der Waals surface area contributed by atoms with E-state index in [1.165, 1.54) is 11.1 Å². The van der Waals surface area contributed by atoms with Crippen molar-refractivity contribution in [1.82, 2.24) is 14.7 Å². The molecule has 0 aromatic heterocycles. The van der Waals surface area contributed by atoms with Crippen LogP contribution in [-0.4, -0.2) is 135 Å². The standard InChI is InChI=1S/C17H19NO4.C17H19NO3.C17H17NO3/c1-18-7-6-16-13-9-2-3-10(19)14(13)22-15(16)11(20)4-5-17(16,21)12(18)8-9;2*1-18-7-6-17-10-3-5-13(20)16(17)21-15-12(19)4-2-9(14(15)17)8-11(10)18/h2-3,12,15,19,21H,4-8H2,1H3;2,4,10-11,16,19H,3,5-8H2,1H3;2-5,10-11,16,19H,6-8H2,1H3/t12?,15-,16?,17+;2*10-,11?,16-,17?/m000/s1. The van der Waals surface area contributed by atoms with Crippen LogP contribution in [-0.2, 0) is 49.9 Å². The van der Waals surface area contributed by atoms with E-state index in [-0.39, 0.29) is 57.6 Å². The number of carbonyl (C=O) groups is 3. The smallest absolute Gasteiger partial charge is 0.196 e. The molecule has 15 rings (SSSR count). The molecule has 6 aliphatic carbocycles. The molecule has 3 aromatic rings. The lowest BCUT2D eigenvalue weighted by molar-refractivity contribution is -0.185. The lowest BCUT2D eigenvalue weighted by Crippen LogP contribution is -2.76. The number of likely N-dealkylation sites (tertiary alicyclic amines) is 3. The van der Waals surface area contributed by atoms with Crippen LogP contribution in [0.2, 0.25) is 0 Å². The zero-order chi connectivity index (χ0) is 44.0. The van der Waals surface area contributed by atoms with E-state index in [1.54, 1.807) is 24.3 Å². The highest BCUT2D eigenvalue weighted by atomic mass is 16.5. The predicted octanol–water partition coefficient (Wildman–Crippen LogP) is 3.78. The van der Waals surface area contributed by atoms with Gasteiger partial charge >= 0.3 is 0 Å². The fraction of sp³-hybridized carbons (Fsp3) is 0.549. The van der Waals surface area contributed by atoms with E-state index in [1.807, 2.05) is 25.2 Å². The number of piperidine rings is 3. The van der Waals surface area contributed by atoms with Crippen molar-refractivity contribution in [2.75, 3.05) is 40.8 Å². The van der Waals surface area contributed by atoms with Crippen LogP contribution in [0.1, 0.15) is 78.3 Å². The average molecular weight is 870 g/mol. The zero-order valence-electron chi connectivity index (χ0n) is 36.5. The lowest BCUT2D eigenvalue weighted by atomic mass is 9.49. The third-order valence-corrected chi connectivity index (χ3v) is 18.9. The Hall–Kier alpha value is -4.95. The van der Waals surface area contributed by atoms with Gasteiger partial charge in [-0.1, -0.05) is 24.3 Å². The summed E-state index contributed by atoms with van der Waals surface area (Å²) < 4.78 is 18.0. The van der Waals surface area contributed by atoms with Crippen molar-refractivity contribution in [3.05, 3.63) is 81.9 Å². The first-order valence-corrected chi connectivity index (χ1v) is 23.4. The van der Waals surface area contributed by atoms with Crippen LogP contribution in [0.25, 0.3) is 0 Å². The van der Waals surface area contributed by atoms with E-state index in [2.05, 4.69) is 34.9 Å². The zero-order valence-corrected chi connectivity index (χ0v) is 36.5. The summed E-state index contributed by atoms with van der Waals surface area (Å²) in [4.78, 5) is 44.5. The number of aromatic hydroxyl groups is 3.